The molecule has 0 saturated carbocycles. The third-order valence-electron chi connectivity index (χ3n) is 2.67. The second kappa shape index (κ2) is 10.3. The van der Waals surface area contributed by atoms with Gasteiger partial charge >= 0.3 is 11.3 Å². The molecule has 1 N–H and O–H groups in total. The fourth-order valence-electron chi connectivity index (χ4n) is 1.67. The van der Waals surface area contributed by atoms with Crippen molar-refractivity contribution >= 4 is 35.4 Å². The molecule has 1 atom stereocenters. The first kappa shape index (κ1) is 19.5. The zero-order valence-corrected chi connectivity index (χ0v) is 14.0. The number of carbonyl (C=O) groups is 4. The maximum atomic E-state index is 11.8. The Hall–Kier alpha value is -2.55. The molecule has 0 spiro atoms. The largest absolute Gasteiger partial charge is 0.465 e. The molecule has 1 rings (SSSR count). The molecule has 0 aliphatic carbocycles. The molecule has 0 aliphatic heterocycles. The van der Waals surface area contributed by atoms with Crippen molar-refractivity contribution in [3.8, 4) is 5.75 Å². The first-order valence-electron chi connectivity index (χ1n) is 6.86. The molecule has 130 valence electrons. The van der Waals surface area contributed by atoms with Gasteiger partial charge in [0.1, 0.15) is 11.3 Å². The van der Waals surface area contributed by atoms with Crippen LogP contribution in [0.3, 0.4) is 0 Å². The molecule has 0 saturated heterocycles. The van der Waals surface area contributed by atoms with Gasteiger partial charge in [0.25, 0.3) is 6.47 Å². The van der Waals surface area contributed by atoms with Crippen LogP contribution < -0.4 is 10.1 Å². The molecule has 24 heavy (non-hydrogen) atoms. The van der Waals surface area contributed by atoms with Crippen molar-refractivity contribution in [2.24, 2.45) is 0 Å². The molecule has 0 heterocycles. The van der Waals surface area contributed by atoms with Gasteiger partial charge in [-0.25, -0.2) is 9.59 Å². The summed E-state index contributed by atoms with van der Waals surface area (Å²) >= 11 is 0.820. The Balaban J connectivity index is 2.53. The summed E-state index contributed by atoms with van der Waals surface area (Å²) in [4.78, 5) is 44.7. The zero-order valence-electron chi connectivity index (χ0n) is 13.1. The summed E-state index contributed by atoms with van der Waals surface area (Å²) in [7, 11) is 1.23. The predicted octanol–water partition coefficient (Wildman–Crippen LogP) is 1.73. The van der Waals surface area contributed by atoms with Gasteiger partial charge in [-0.1, -0.05) is 12.1 Å². The van der Waals surface area contributed by atoms with Gasteiger partial charge in [0.2, 0.25) is 5.91 Å². The number of nitrogens with one attached hydrogen (secondary N) is 1. The highest BCUT2D eigenvalue weighted by Crippen LogP contribution is 2.21. The van der Waals surface area contributed by atoms with Crippen LogP contribution in [0.2, 0.25) is 0 Å². The van der Waals surface area contributed by atoms with Crippen LogP contribution in [-0.2, 0) is 19.1 Å². The molecule has 0 aromatic heterocycles. The Kier molecular flexibility index (Phi) is 8.34. The van der Waals surface area contributed by atoms with E-state index in [2.05, 4.69) is 14.8 Å². The molecular formula is C15H17NO7S. The first-order chi connectivity index (χ1) is 11.5. The van der Waals surface area contributed by atoms with Gasteiger partial charge < -0.3 is 19.5 Å². The topological polar surface area (TPSA) is 108 Å². The van der Waals surface area contributed by atoms with Crippen LogP contribution in [0.4, 0.5) is 4.79 Å². The molecule has 1 amide bonds. The SMILES string of the molecule is COC(=O)c1ccccc1OC(=O)SCC[C@H](NC(C)=O)OC=O. The molecule has 1 aromatic rings. The van der Waals surface area contributed by atoms with Crippen molar-refractivity contribution in [1.82, 2.24) is 5.32 Å². The van der Waals surface area contributed by atoms with Gasteiger partial charge in [0, 0.05) is 19.1 Å². The summed E-state index contributed by atoms with van der Waals surface area (Å²) < 4.78 is 14.4. The Labute approximate surface area is 142 Å². The van der Waals surface area contributed by atoms with Crippen molar-refractivity contribution < 1.29 is 33.4 Å². The molecule has 0 fully saturated rings. The van der Waals surface area contributed by atoms with Crippen molar-refractivity contribution in [3.05, 3.63) is 29.8 Å². The van der Waals surface area contributed by atoms with Crippen molar-refractivity contribution in [3.63, 3.8) is 0 Å². The van der Waals surface area contributed by atoms with E-state index in [1.807, 2.05) is 0 Å². The van der Waals surface area contributed by atoms with E-state index in [1.165, 1.54) is 26.2 Å². The Morgan fingerprint density at radius 2 is 2.00 bits per heavy atom. The monoisotopic (exact) mass is 355 g/mol. The second-order valence-corrected chi connectivity index (χ2v) is 5.43. The highest BCUT2D eigenvalue weighted by atomic mass is 32.2. The number of carbonyl (C=O) groups excluding carboxylic acids is 4. The minimum atomic E-state index is -0.817. The molecule has 0 aliphatic rings. The second-order valence-electron chi connectivity index (χ2n) is 4.40. The Bertz CT molecular complexity index is 605. The average Bonchev–Trinajstić information content (AvgIpc) is 2.54. The zero-order chi connectivity index (χ0) is 17.9. The maximum absolute atomic E-state index is 11.8. The van der Waals surface area contributed by atoms with Gasteiger partial charge in [-0.15, -0.1) is 0 Å². The van der Waals surface area contributed by atoms with Crippen LogP contribution in [-0.4, -0.2) is 42.7 Å². The lowest BCUT2D eigenvalue weighted by atomic mass is 10.2. The minimum Gasteiger partial charge on any atom is -0.465 e. The fourth-order valence-corrected chi connectivity index (χ4v) is 2.32. The fraction of sp³-hybridized carbons (Fsp3) is 0.333. The van der Waals surface area contributed by atoms with Gasteiger partial charge in [0.05, 0.1) is 7.11 Å². The third-order valence-corrected chi connectivity index (χ3v) is 3.43. The summed E-state index contributed by atoms with van der Waals surface area (Å²) in [5.74, 6) is -0.655. The van der Waals surface area contributed by atoms with Gasteiger partial charge in [-0.3, -0.25) is 9.59 Å². The molecule has 9 heteroatoms. The molecule has 0 radical (unpaired) electrons. The third kappa shape index (κ3) is 6.69. The summed E-state index contributed by atoms with van der Waals surface area (Å²) in [6.45, 7) is 1.50. The van der Waals surface area contributed by atoms with Crippen molar-refractivity contribution in [2.45, 2.75) is 19.6 Å². The molecule has 8 nitrogen and oxygen atoms in total. The lowest BCUT2D eigenvalue weighted by molar-refractivity contribution is -0.137. The average molecular weight is 355 g/mol. The molecule has 0 unspecified atom stereocenters. The number of methoxy groups -OCH3 is 1. The maximum Gasteiger partial charge on any atom is 0.372 e. The number of ether oxygens (including phenoxy) is 3. The number of rotatable bonds is 8. The van der Waals surface area contributed by atoms with Gasteiger partial charge in [-0.2, -0.15) is 0 Å². The molecule has 1 aromatic carbocycles. The van der Waals surface area contributed by atoms with E-state index in [1.54, 1.807) is 12.1 Å². The van der Waals surface area contributed by atoms with E-state index in [0.717, 1.165) is 11.8 Å². The lowest BCUT2D eigenvalue weighted by Gasteiger charge is -2.15. The first-order valence-corrected chi connectivity index (χ1v) is 7.84. The highest BCUT2D eigenvalue weighted by molar-refractivity contribution is 8.13. The summed E-state index contributed by atoms with van der Waals surface area (Å²) in [6.07, 6.45) is -0.598. The molecule has 0 bridgehead atoms. The summed E-state index contributed by atoms with van der Waals surface area (Å²) in [5, 5.41) is 1.78. The van der Waals surface area contributed by atoms with Gasteiger partial charge in [0.15, 0.2) is 6.23 Å². The normalized spacial score (nSPS) is 11.1. The van der Waals surface area contributed by atoms with Crippen LogP contribution in [0, 0.1) is 0 Å². The number of para-hydroxylation sites is 1. The number of benzene rings is 1. The minimum absolute atomic E-state index is 0.0874. The van der Waals surface area contributed by atoms with Crippen molar-refractivity contribution in [2.75, 3.05) is 12.9 Å². The quantitative estimate of drug-likeness (QED) is 0.427. The van der Waals surface area contributed by atoms with Crippen LogP contribution in [0.1, 0.15) is 23.7 Å². The van der Waals surface area contributed by atoms with Crippen molar-refractivity contribution in [1.29, 1.82) is 0 Å². The van der Waals surface area contributed by atoms with E-state index in [0.29, 0.717) is 0 Å². The van der Waals surface area contributed by atoms with E-state index in [9.17, 15) is 19.2 Å². The predicted molar refractivity (Wildman–Crippen MR) is 85.6 cm³/mol. The summed E-state index contributed by atoms with van der Waals surface area (Å²) in [6, 6.07) is 6.18. The van der Waals surface area contributed by atoms with Crippen LogP contribution >= 0.6 is 11.8 Å². The van der Waals surface area contributed by atoms with E-state index in [-0.39, 0.29) is 35.9 Å². The van der Waals surface area contributed by atoms with E-state index < -0.39 is 17.5 Å². The number of amides is 1. The standard InChI is InChI=1S/C15H17NO7S/c1-10(18)16-13(22-9-17)7-8-24-15(20)23-12-6-4-3-5-11(12)14(19)21-2/h3-6,9,13H,7-8H2,1-2H3,(H,16,18)/t13-/m1/s1. The van der Waals surface area contributed by atoms with Gasteiger partial charge in [-0.05, 0) is 23.9 Å². The Morgan fingerprint density at radius 3 is 2.62 bits per heavy atom. The van der Waals surface area contributed by atoms with Crippen LogP contribution in [0.15, 0.2) is 24.3 Å². The molecular weight excluding hydrogens is 338 g/mol. The summed E-state index contributed by atoms with van der Waals surface area (Å²) in [5.41, 5.74) is 0.134. The number of hydrogen-bond donors (Lipinski definition) is 1. The van der Waals surface area contributed by atoms with Crippen LogP contribution in [0.5, 0.6) is 5.75 Å². The van der Waals surface area contributed by atoms with E-state index >= 15 is 0 Å². The number of thioether (sulfide) groups is 1. The smallest absolute Gasteiger partial charge is 0.372 e. The number of esters is 1. The highest BCUT2D eigenvalue weighted by Gasteiger charge is 2.17. The lowest BCUT2D eigenvalue weighted by Crippen LogP contribution is -2.35. The van der Waals surface area contributed by atoms with Crippen LogP contribution in [0.25, 0.3) is 0 Å². The Morgan fingerprint density at radius 1 is 1.29 bits per heavy atom. The number of hydrogen-bond acceptors (Lipinski definition) is 8. The van der Waals surface area contributed by atoms with E-state index in [4.69, 9.17) is 4.74 Å².